The molecule has 0 radical (unpaired) electrons. The van der Waals surface area contributed by atoms with Gasteiger partial charge in [-0.1, -0.05) is 18.2 Å². The lowest BCUT2D eigenvalue weighted by Gasteiger charge is -2.08. The molecule has 0 spiro atoms. The van der Waals surface area contributed by atoms with Crippen molar-refractivity contribution in [2.75, 3.05) is 0 Å². The molecule has 1 aromatic heterocycles. The first-order chi connectivity index (χ1) is 7.40. The highest BCUT2D eigenvalue weighted by molar-refractivity contribution is 5.35. The molecule has 0 amide bonds. The lowest BCUT2D eigenvalue weighted by Crippen LogP contribution is -1.99. The Morgan fingerprint density at radius 2 is 1.93 bits per heavy atom. The molecular formula is C12H12N2O. The molecule has 1 heterocycles. The second-order valence-corrected chi connectivity index (χ2v) is 3.10. The van der Waals surface area contributed by atoms with E-state index in [0.717, 1.165) is 17.1 Å². The number of pyridine rings is 1. The topological polar surface area (TPSA) is 48.1 Å². The second kappa shape index (κ2) is 4.57. The maximum atomic E-state index is 5.68. The smallest absolute Gasteiger partial charge is 0.134 e. The van der Waals surface area contributed by atoms with Crippen molar-refractivity contribution in [3.63, 3.8) is 0 Å². The lowest BCUT2D eigenvalue weighted by molar-refractivity contribution is 0.475. The van der Waals surface area contributed by atoms with Crippen molar-refractivity contribution in [3.8, 4) is 11.5 Å². The third-order valence-corrected chi connectivity index (χ3v) is 2.05. The fourth-order valence-corrected chi connectivity index (χ4v) is 1.28. The summed E-state index contributed by atoms with van der Waals surface area (Å²) in [6, 6.07) is 11.4. The molecule has 0 unspecified atom stereocenters. The first-order valence-electron chi connectivity index (χ1n) is 4.76. The summed E-state index contributed by atoms with van der Waals surface area (Å²) in [6.45, 7) is 0.427. The molecule has 0 aliphatic carbocycles. The van der Waals surface area contributed by atoms with Crippen LogP contribution in [0.1, 0.15) is 5.56 Å². The van der Waals surface area contributed by atoms with Crippen LogP contribution in [0.2, 0.25) is 0 Å². The summed E-state index contributed by atoms with van der Waals surface area (Å²) in [5.41, 5.74) is 6.49. The molecule has 76 valence electrons. The summed E-state index contributed by atoms with van der Waals surface area (Å²) in [5.74, 6) is 1.57. The Morgan fingerprint density at radius 3 is 2.67 bits per heavy atom. The third kappa shape index (κ3) is 2.33. The average molecular weight is 200 g/mol. The molecule has 2 rings (SSSR count). The van der Waals surface area contributed by atoms with Gasteiger partial charge in [-0.15, -0.1) is 0 Å². The molecule has 2 aromatic rings. The fourth-order valence-electron chi connectivity index (χ4n) is 1.28. The van der Waals surface area contributed by atoms with Crippen LogP contribution in [-0.2, 0) is 6.54 Å². The molecule has 0 atom stereocenters. The van der Waals surface area contributed by atoms with Gasteiger partial charge in [0.25, 0.3) is 0 Å². The number of nitrogens with zero attached hydrogens (tertiary/aromatic N) is 1. The van der Waals surface area contributed by atoms with Crippen LogP contribution < -0.4 is 10.5 Å². The Balaban J connectivity index is 2.24. The van der Waals surface area contributed by atoms with Crippen molar-refractivity contribution in [3.05, 3.63) is 54.4 Å². The zero-order chi connectivity index (χ0) is 10.5. The molecule has 0 aliphatic rings. The lowest BCUT2D eigenvalue weighted by atomic mass is 10.2. The molecule has 1 aromatic carbocycles. The minimum Gasteiger partial charge on any atom is -0.457 e. The Bertz CT molecular complexity index is 429. The Labute approximate surface area is 88.5 Å². The number of benzene rings is 1. The highest BCUT2D eigenvalue weighted by atomic mass is 16.5. The number of ether oxygens (including phenoxy) is 1. The van der Waals surface area contributed by atoms with Crippen LogP contribution in [0.4, 0.5) is 0 Å². The molecule has 0 fully saturated rings. The van der Waals surface area contributed by atoms with Gasteiger partial charge >= 0.3 is 0 Å². The van der Waals surface area contributed by atoms with Gasteiger partial charge in [0, 0.05) is 24.5 Å². The van der Waals surface area contributed by atoms with E-state index < -0.39 is 0 Å². The summed E-state index contributed by atoms with van der Waals surface area (Å²) in [4.78, 5) is 4.00. The van der Waals surface area contributed by atoms with Gasteiger partial charge in [-0.25, -0.2) is 0 Å². The van der Waals surface area contributed by atoms with Gasteiger partial charge in [-0.05, 0) is 18.2 Å². The van der Waals surface area contributed by atoms with Gasteiger partial charge in [0.2, 0.25) is 0 Å². The zero-order valence-corrected chi connectivity index (χ0v) is 8.26. The largest absolute Gasteiger partial charge is 0.457 e. The molecule has 0 aliphatic heterocycles. The van der Waals surface area contributed by atoms with Gasteiger partial charge < -0.3 is 10.5 Å². The predicted molar refractivity (Wildman–Crippen MR) is 58.6 cm³/mol. The number of rotatable bonds is 3. The van der Waals surface area contributed by atoms with Gasteiger partial charge in [-0.2, -0.15) is 0 Å². The Kier molecular flexibility index (Phi) is 2.95. The minimum atomic E-state index is 0.427. The molecule has 0 saturated carbocycles. The SMILES string of the molecule is NCc1cnccc1Oc1ccccc1. The van der Waals surface area contributed by atoms with E-state index >= 15 is 0 Å². The van der Waals surface area contributed by atoms with Crippen LogP contribution in [0.5, 0.6) is 11.5 Å². The van der Waals surface area contributed by atoms with E-state index in [-0.39, 0.29) is 0 Å². The van der Waals surface area contributed by atoms with Crippen LogP contribution in [0.15, 0.2) is 48.8 Å². The van der Waals surface area contributed by atoms with E-state index in [0.29, 0.717) is 6.54 Å². The van der Waals surface area contributed by atoms with Gasteiger partial charge in [-0.3, -0.25) is 4.98 Å². The standard InChI is InChI=1S/C12H12N2O/c13-8-10-9-14-7-6-12(10)15-11-4-2-1-3-5-11/h1-7,9H,8,13H2. The number of hydrogen-bond donors (Lipinski definition) is 1. The maximum absolute atomic E-state index is 5.68. The van der Waals surface area contributed by atoms with E-state index in [1.165, 1.54) is 0 Å². The van der Waals surface area contributed by atoms with Crippen LogP contribution in [0.3, 0.4) is 0 Å². The summed E-state index contributed by atoms with van der Waals surface area (Å²) in [6.07, 6.45) is 3.41. The van der Waals surface area contributed by atoms with Crippen molar-refractivity contribution in [1.29, 1.82) is 0 Å². The first-order valence-corrected chi connectivity index (χ1v) is 4.76. The van der Waals surface area contributed by atoms with E-state index in [9.17, 15) is 0 Å². The maximum Gasteiger partial charge on any atom is 0.134 e. The zero-order valence-electron chi connectivity index (χ0n) is 8.26. The summed E-state index contributed by atoms with van der Waals surface area (Å²) in [7, 11) is 0. The molecule has 15 heavy (non-hydrogen) atoms. The second-order valence-electron chi connectivity index (χ2n) is 3.10. The number of nitrogens with two attached hydrogens (primary N) is 1. The molecule has 2 N–H and O–H groups in total. The summed E-state index contributed by atoms with van der Waals surface area (Å²) >= 11 is 0. The van der Waals surface area contributed by atoms with E-state index in [1.54, 1.807) is 12.4 Å². The van der Waals surface area contributed by atoms with Crippen molar-refractivity contribution < 1.29 is 4.74 Å². The molecule has 0 bridgehead atoms. The van der Waals surface area contributed by atoms with Gasteiger partial charge in [0.15, 0.2) is 0 Å². The van der Waals surface area contributed by atoms with Crippen molar-refractivity contribution in [2.24, 2.45) is 5.73 Å². The molecule has 0 saturated heterocycles. The van der Waals surface area contributed by atoms with Gasteiger partial charge in [0.1, 0.15) is 11.5 Å². The Morgan fingerprint density at radius 1 is 1.13 bits per heavy atom. The van der Waals surface area contributed by atoms with E-state index in [4.69, 9.17) is 10.5 Å². The molecule has 3 nitrogen and oxygen atoms in total. The predicted octanol–water partition coefficient (Wildman–Crippen LogP) is 2.33. The first kappa shape index (κ1) is 9.68. The van der Waals surface area contributed by atoms with Crippen LogP contribution in [-0.4, -0.2) is 4.98 Å². The fraction of sp³-hybridized carbons (Fsp3) is 0.0833. The van der Waals surface area contributed by atoms with E-state index in [1.807, 2.05) is 36.4 Å². The van der Waals surface area contributed by atoms with Crippen molar-refractivity contribution in [1.82, 2.24) is 4.98 Å². The molecular weight excluding hydrogens is 188 g/mol. The normalized spacial score (nSPS) is 9.93. The summed E-state index contributed by atoms with van der Waals surface area (Å²) in [5, 5.41) is 0. The third-order valence-electron chi connectivity index (χ3n) is 2.05. The quantitative estimate of drug-likeness (QED) is 0.827. The average Bonchev–Trinajstić information content (AvgIpc) is 2.31. The van der Waals surface area contributed by atoms with E-state index in [2.05, 4.69) is 4.98 Å². The summed E-state index contributed by atoms with van der Waals surface area (Å²) < 4.78 is 5.68. The monoisotopic (exact) mass is 200 g/mol. The van der Waals surface area contributed by atoms with Crippen LogP contribution in [0.25, 0.3) is 0 Å². The minimum absolute atomic E-state index is 0.427. The van der Waals surface area contributed by atoms with Crippen LogP contribution >= 0.6 is 0 Å². The van der Waals surface area contributed by atoms with Gasteiger partial charge in [0.05, 0.1) is 0 Å². The number of aromatic nitrogens is 1. The van der Waals surface area contributed by atoms with Crippen molar-refractivity contribution in [2.45, 2.75) is 6.54 Å². The van der Waals surface area contributed by atoms with Crippen LogP contribution in [0, 0.1) is 0 Å². The highest BCUT2D eigenvalue weighted by Gasteiger charge is 2.02. The highest BCUT2D eigenvalue weighted by Crippen LogP contribution is 2.23. The number of para-hydroxylation sites is 1. The van der Waals surface area contributed by atoms with Crippen molar-refractivity contribution >= 4 is 0 Å². The number of hydrogen-bond acceptors (Lipinski definition) is 3. The Hall–Kier alpha value is -1.87. The molecule has 3 heteroatoms.